The lowest BCUT2D eigenvalue weighted by Gasteiger charge is -2.19. The summed E-state index contributed by atoms with van der Waals surface area (Å²) in [6, 6.07) is 18.4. The molecule has 0 aliphatic heterocycles. The van der Waals surface area contributed by atoms with Gasteiger partial charge in [-0.2, -0.15) is 9.78 Å². The number of nitrogens with one attached hydrogen (secondary N) is 2. The number of para-hydroxylation sites is 1. The van der Waals surface area contributed by atoms with Gasteiger partial charge < -0.3 is 20.1 Å². The van der Waals surface area contributed by atoms with Crippen molar-refractivity contribution in [3.63, 3.8) is 0 Å². The Labute approximate surface area is 208 Å². The van der Waals surface area contributed by atoms with Crippen LogP contribution in [0.5, 0.6) is 5.75 Å². The van der Waals surface area contributed by atoms with Gasteiger partial charge in [-0.25, -0.2) is 4.79 Å². The highest BCUT2D eigenvalue weighted by atomic mass is 16.6. The van der Waals surface area contributed by atoms with Crippen molar-refractivity contribution in [2.75, 3.05) is 17.7 Å². The number of hydrogen-bond donors (Lipinski definition) is 2. The molecule has 0 aliphatic rings. The summed E-state index contributed by atoms with van der Waals surface area (Å²) in [5, 5.41) is 10.4. The van der Waals surface area contributed by atoms with E-state index >= 15 is 0 Å². The summed E-state index contributed by atoms with van der Waals surface area (Å²) < 4.78 is 11.7. The fourth-order valence-corrected chi connectivity index (χ4v) is 3.47. The number of carbonyl (C=O) groups excluding carboxylic acids is 3. The zero-order valence-corrected chi connectivity index (χ0v) is 20.4. The minimum absolute atomic E-state index is 0.278. The maximum Gasteiger partial charge on any atom is 0.435 e. The number of carbonyl (C=O) groups is 3. The lowest BCUT2D eigenvalue weighted by Crippen LogP contribution is -2.27. The normalized spacial score (nSPS) is 11.1. The molecule has 36 heavy (non-hydrogen) atoms. The summed E-state index contributed by atoms with van der Waals surface area (Å²) in [6.45, 7) is 5.31. The molecule has 0 aliphatic carbocycles. The number of nitrogens with zero attached hydrogens (tertiary/aromatic N) is 2. The molecule has 2 amide bonds. The molecule has 4 aromatic rings. The number of fused-ring (bicyclic) bond motifs is 1. The van der Waals surface area contributed by atoms with E-state index < -0.39 is 17.6 Å². The minimum Gasteiger partial charge on any atom is -0.497 e. The smallest absolute Gasteiger partial charge is 0.435 e. The Morgan fingerprint density at radius 2 is 1.61 bits per heavy atom. The van der Waals surface area contributed by atoms with Crippen molar-refractivity contribution in [3.8, 4) is 5.75 Å². The molecule has 9 nitrogen and oxygen atoms in total. The third-order valence-corrected chi connectivity index (χ3v) is 5.17. The van der Waals surface area contributed by atoms with E-state index in [-0.39, 0.29) is 11.5 Å². The highest BCUT2D eigenvalue weighted by molar-refractivity contribution is 6.12. The molecule has 0 radical (unpaired) electrons. The molecule has 0 saturated carbocycles. The summed E-state index contributed by atoms with van der Waals surface area (Å²) in [4.78, 5) is 38.4. The van der Waals surface area contributed by atoms with Crippen molar-refractivity contribution in [2.45, 2.75) is 26.4 Å². The number of methoxy groups -OCH3 is 1. The molecule has 0 spiro atoms. The second-order valence-corrected chi connectivity index (χ2v) is 8.99. The number of aromatic nitrogens is 2. The van der Waals surface area contributed by atoms with E-state index in [1.54, 1.807) is 101 Å². The van der Waals surface area contributed by atoms with Crippen molar-refractivity contribution in [2.24, 2.45) is 0 Å². The number of amides is 2. The predicted octanol–water partition coefficient (Wildman–Crippen LogP) is 5.33. The average Bonchev–Trinajstić information content (AvgIpc) is 3.27. The van der Waals surface area contributed by atoms with Crippen LogP contribution in [0.1, 0.15) is 41.5 Å². The monoisotopic (exact) mass is 486 g/mol. The molecule has 2 N–H and O–H groups in total. The van der Waals surface area contributed by atoms with Crippen LogP contribution in [0.3, 0.4) is 0 Å². The molecule has 0 fully saturated rings. The average molecular weight is 487 g/mol. The van der Waals surface area contributed by atoms with Crippen molar-refractivity contribution in [1.82, 2.24) is 9.78 Å². The molecule has 1 heterocycles. The summed E-state index contributed by atoms with van der Waals surface area (Å²) >= 11 is 0. The molecule has 3 aromatic carbocycles. The van der Waals surface area contributed by atoms with Gasteiger partial charge in [-0.3, -0.25) is 9.59 Å². The van der Waals surface area contributed by atoms with Gasteiger partial charge in [0.05, 0.1) is 30.1 Å². The third kappa shape index (κ3) is 5.52. The van der Waals surface area contributed by atoms with Crippen LogP contribution in [0.2, 0.25) is 0 Å². The van der Waals surface area contributed by atoms with Crippen LogP contribution in [0.25, 0.3) is 10.9 Å². The predicted molar refractivity (Wildman–Crippen MR) is 137 cm³/mol. The summed E-state index contributed by atoms with van der Waals surface area (Å²) in [6.07, 6.45) is 0.932. The van der Waals surface area contributed by atoms with Crippen LogP contribution in [0, 0.1) is 0 Å². The lowest BCUT2D eigenvalue weighted by atomic mass is 10.1. The quantitative estimate of drug-likeness (QED) is 0.394. The van der Waals surface area contributed by atoms with Crippen LogP contribution in [-0.2, 0) is 4.74 Å². The van der Waals surface area contributed by atoms with Crippen LogP contribution < -0.4 is 15.4 Å². The standard InChI is InChI=1S/C27H26N4O5/c1-27(2,3)36-26(34)31-23-15-19(12-9-18(23)16-28-31)29-25(33)21-7-5-6-8-22(21)30-24(32)17-10-13-20(35-4)14-11-17/h5-16H,1-4H3,(H,29,33)(H,30,32). The molecule has 0 unspecified atom stereocenters. The zero-order chi connectivity index (χ0) is 25.9. The van der Waals surface area contributed by atoms with Gasteiger partial charge in [-0.05, 0) is 75.4 Å². The molecule has 0 bridgehead atoms. The summed E-state index contributed by atoms with van der Waals surface area (Å²) in [5.74, 6) is -0.153. The Balaban J connectivity index is 1.54. The van der Waals surface area contributed by atoms with Gasteiger partial charge >= 0.3 is 6.09 Å². The lowest BCUT2D eigenvalue weighted by molar-refractivity contribution is 0.0522. The molecular weight excluding hydrogens is 460 g/mol. The number of ether oxygens (including phenoxy) is 2. The Morgan fingerprint density at radius 3 is 2.31 bits per heavy atom. The second kappa shape index (κ2) is 9.91. The summed E-state index contributed by atoms with van der Waals surface area (Å²) in [7, 11) is 1.55. The first-order valence-electron chi connectivity index (χ1n) is 11.2. The summed E-state index contributed by atoms with van der Waals surface area (Å²) in [5.41, 5.74) is 1.32. The maximum atomic E-state index is 13.1. The van der Waals surface area contributed by atoms with E-state index in [0.717, 1.165) is 4.68 Å². The zero-order valence-electron chi connectivity index (χ0n) is 20.4. The van der Waals surface area contributed by atoms with Crippen LogP contribution >= 0.6 is 0 Å². The Morgan fingerprint density at radius 1 is 0.889 bits per heavy atom. The van der Waals surface area contributed by atoms with Crippen LogP contribution in [0.4, 0.5) is 16.2 Å². The number of rotatable bonds is 5. The fourth-order valence-electron chi connectivity index (χ4n) is 3.47. The van der Waals surface area contributed by atoms with Crippen molar-refractivity contribution < 1.29 is 23.9 Å². The van der Waals surface area contributed by atoms with E-state index in [2.05, 4.69) is 15.7 Å². The van der Waals surface area contributed by atoms with E-state index in [0.29, 0.717) is 33.6 Å². The molecular formula is C27H26N4O5. The van der Waals surface area contributed by atoms with Crippen molar-refractivity contribution in [3.05, 3.63) is 84.1 Å². The van der Waals surface area contributed by atoms with E-state index in [9.17, 15) is 14.4 Å². The van der Waals surface area contributed by atoms with Gasteiger partial charge in [-0.15, -0.1) is 0 Å². The van der Waals surface area contributed by atoms with E-state index in [1.165, 1.54) is 0 Å². The molecule has 184 valence electrons. The molecule has 0 atom stereocenters. The Kier molecular flexibility index (Phi) is 6.73. The van der Waals surface area contributed by atoms with Gasteiger partial charge in [0.2, 0.25) is 0 Å². The van der Waals surface area contributed by atoms with Gasteiger partial charge in [-0.1, -0.05) is 12.1 Å². The highest BCUT2D eigenvalue weighted by Gasteiger charge is 2.21. The molecule has 9 heteroatoms. The second-order valence-electron chi connectivity index (χ2n) is 8.99. The van der Waals surface area contributed by atoms with Crippen molar-refractivity contribution in [1.29, 1.82) is 0 Å². The largest absolute Gasteiger partial charge is 0.497 e. The Hall–Kier alpha value is -4.66. The first-order chi connectivity index (χ1) is 17.1. The van der Waals surface area contributed by atoms with Crippen LogP contribution in [0.15, 0.2) is 72.9 Å². The van der Waals surface area contributed by atoms with E-state index in [1.807, 2.05) is 0 Å². The first kappa shape index (κ1) is 24.5. The van der Waals surface area contributed by atoms with Gasteiger partial charge in [0.25, 0.3) is 11.8 Å². The molecule has 1 aromatic heterocycles. The van der Waals surface area contributed by atoms with Gasteiger partial charge in [0.1, 0.15) is 11.4 Å². The Bertz CT molecular complexity index is 1430. The highest BCUT2D eigenvalue weighted by Crippen LogP contribution is 2.23. The molecule has 4 rings (SSSR count). The first-order valence-corrected chi connectivity index (χ1v) is 11.2. The number of hydrogen-bond acceptors (Lipinski definition) is 6. The van der Waals surface area contributed by atoms with Crippen molar-refractivity contribution >= 4 is 40.2 Å². The van der Waals surface area contributed by atoms with Crippen LogP contribution in [-0.4, -0.2) is 40.4 Å². The SMILES string of the molecule is COc1ccc(C(=O)Nc2ccccc2C(=O)Nc2ccc3cnn(C(=O)OC(C)(C)C)c3c2)cc1. The molecule has 0 saturated heterocycles. The topological polar surface area (TPSA) is 112 Å². The fraction of sp³-hybridized carbons (Fsp3) is 0.185. The van der Waals surface area contributed by atoms with Gasteiger partial charge in [0, 0.05) is 16.6 Å². The van der Waals surface area contributed by atoms with E-state index in [4.69, 9.17) is 9.47 Å². The van der Waals surface area contributed by atoms with Gasteiger partial charge in [0.15, 0.2) is 0 Å². The third-order valence-electron chi connectivity index (χ3n) is 5.17. The maximum absolute atomic E-state index is 13.1. The number of anilines is 2. The number of benzene rings is 3. The minimum atomic E-state index is -0.679.